The third-order valence-electron chi connectivity index (χ3n) is 1.58. The fourth-order valence-electron chi connectivity index (χ4n) is 0.992. The van der Waals surface area contributed by atoms with E-state index in [1.54, 1.807) is 0 Å². The highest BCUT2D eigenvalue weighted by Gasteiger charge is 2.10. The summed E-state index contributed by atoms with van der Waals surface area (Å²) in [6.07, 6.45) is 3.21. The van der Waals surface area contributed by atoms with E-state index in [9.17, 15) is 4.79 Å². The zero-order chi connectivity index (χ0) is 9.68. The van der Waals surface area contributed by atoms with Crippen LogP contribution in [0.25, 0.3) is 0 Å². The van der Waals surface area contributed by atoms with Gasteiger partial charge in [0.05, 0.1) is 6.20 Å². The first-order valence-corrected chi connectivity index (χ1v) is 4.50. The third kappa shape index (κ3) is 2.57. The molecule has 0 aromatic carbocycles. The fraction of sp³-hybridized carbons (Fsp3) is 0.556. The number of aryl methyl sites for hydroxylation is 1. The maximum Gasteiger partial charge on any atom is 0.288 e. The molecular formula is C9H16N2O2. The molecule has 0 radical (unpaired) electrons. The summed E-state index contributed by atoms with van der Waals surface area (Å²) in [7, 11) is 0. The molecule has 1 heterocycles. The van der Waals surface area contributed by atoms with E-state index in [-0.39, 0.29) is 7.33 Å². The summed E-state index contributed by atoms with van der Waals surface area (Å²) in [4.78, 5) is 15.2. The van der Waals surface area contributed by atoms with Gasteiger partial charge in [-0.2, -0.15) is 0 Å². The molecule has 1 aromatic heterocycles. The molecule has 0 fully saturated rings. The summed E-state index contributed by atoms with van der Waals surface area (Å²) in [5.74, 6) is 0.728. The number of hydrogen-bond acceptors (Lipinski definition) is 3. The van der Waals surface area contributed by atoms with Crippen LogP contribution in [0.5, 0.6) is 0 Å². The number of carbonyl (C=O) groups is 1. The fourth-order valence-corrected chi connectivity index (χ4v) is 0.992. The van der Waals surface area contributed by atoms with Gasteiger partial charge in [-0.15, -0.1) is 0 Å². The Morgan fingerprint density at radius 1 is 1.69 bits per heavy atom. The first-order chi connectivity index (χ1) is 6.27. The van der Waals surface area contributed by atoms with Crippen molar-refractivity contribution in [3.63, 3.8) is 0 Å². The molecule has 1 aromatic rings. The second-order valence-corrected chi connectivity index (χ2v) is 2.73. The summed E-state index contributed by atoms with van der Waals surface area (Å²) in [6, 6.07) is 0. The average Bonchev–Trinajstić information content (AvgIpc) is 2.54. The van der Waals surface area contributed by atoms with Crippen LogP contribution in [0.2, 0.25) is 0 Å². The van der Waals surface area contributed by atoms with E-state index in [0.717, 1.165) is 12.8 Å². The van der Waals surface area contributed by atoms with Gasteiger partial charge >= 0.3 is 0 Å². The van der Waals surface area contributed by atoms with Crippen LogP contribution in [0.4, 0.5) is 0 Å². The number of nitrogens with one attached hydrogen (secondary N) is 1. The molecule has 13 heavy (non-hydrogen) atoms. The van der Waals surface area contributed by atoms with Crippen LogP contribution in [0.15, 0.2) is 10.6 Å². The number of amides is 1. The lowest BCUT2D eigenvalue weighted by molar-refractivity contribution is 0.0926. The minimum absolute atomic E-state index is 0. The third-order valence-corrected chi connectivity index (χ3v) is 1.58. The van der Waals surface area contributed by atoms with Crippen LogP contribution < -0.4 is 5.32 Å². The van der Waals surface area contributed by atoms with E-state index in [1.165, 1.54) is 6.20 Å². The topological polar surface area (TPSA) is 55.1 Å². The number of aromatic nitrogens is 1. The molecule has 1 N–H and O–H groups in total. The molecule has 0 aliphatic heterocycles. The van der Waals surface area contributed by atoms with Gasteiger partial charge in [0, 0.05) is 14.4 Å². The maximum absolute atomic E-state index is 11.2. The molecule has 0 bridgehead atoms. The van der Waals surface area contributed by atoms with Gasteiger partial charge in [-0.05, 0) is 13.3 Å². The molecule has 0 aliphatic carbocycles. The molecule has 0 spiro atoms. The predicted molar refractivity (Wildman–Crippen MR) is 50.6 cm³/mol. The Hall–Kier alpha value is -1.32. The summed E-state index contributed by atoms with van der Waals surface area (Å²) >= 11 is 0. The van der Waals surface area contributed by atoms with E-state index < -0.39 is 0 Å². The number of rotatable bonds is 4. The molecule has 4 nitrogen and oxygen atoms in total. The second kappa shape index (κ2) is 4.64. The Labute approximate surface area is 78.8 Å². The number of hydrogen-bond donors (Lipinski definition) is 1. The van der Waals surface area contributed by atoms with Crippen LogP contribution in [0, 0.1) is 0 Å². The summed E-state index contributed by atoms with van der Waals surface area (Å²) < 4.78 is 5.22. The van der Waals surface area contributed by atoms with Crippen LogP contribution in [-0.4, -0.2) is 17.4 Å². The second-order valence-electron chi connectivity index (χ2n) is 2.73. The van der Waals surface area contributed by atoms with E-state index in [1.807, 2.05) is 13.8 Å². The van der Waals surface area contributed by atoms with Crippen molar-refractivity contribution in [3.05, 3.63) is 17.8 Å². The van der Waals surface area contributed by atoms with Gasteiger partial charge in [-0.1, -0.05) is 6.92 Å². The lowest BCUT2D eigenvalue weighted by Crippen LogP contribution is -2.21. The summed E-state index contributed by atoms with van der Waals surface area (Å²) in [6.45, 7) is 4.50. The molecule has 0 saturated heterocycles. The highest BCUT2D eigenvalue weighted by atomic mass is 16.4. The van der Waals surface area contributed by atoms with Crippen LogP contribution in [0.1, 0.15) is 38.1 Å². The molecule has 1 rings (SSSR count). The molecule has 4 heteroatoms. The van der Waals surface area contributed by atoms with Crippen LogP contribution in [-0.2, 0) is 6.42 Å². The Morgan fingerprint density at radius 3 is 3.08 bits per heavy atom. The lowest BCUT2D eigenvalue weighted by Gasteiger charge is -1.95. The van der Waals surface area contributed by atoms with Crippen LogP contribution in [0.3, 0.4) is 0 Å². The molecule has 0 unspecified atom stereocenters. The van der Waals surface area contributed by atoms with Crippen molar-refractivity contribution in [1.29, 1.82) is 0 Å². The quantitative estimate of drug-likeness (QED) is 0.773. The lowest BCUT2D eigenvalue weighted by atomic mass is 10.3. The number of oxazole rings is 1. The number of nitrogens with zero attached hydrogens (tertiary/aromatic N) is 1. The van der Waals surface area contributed by atoms with Crippen molar-refractivity contribution < 1.29 is 10.6 Å². The van der Waals surface area contributed by atoms with Gasteiger partial charge in [0.25, 0.3) is 5.91 Å². The molecule has 74 valence electrons. The zero-order valence-electron chi connectivity index (χ0n) is 7.96. The van der Waals surface area contributed by atoms with Gasteiger partial charge in [0.1, 0.15) is 0 Å². The minimum Gasteiger partial charge on any atom is -0.436 e. The maximum atomic E-state index is 11.2. The van der Waals surface area contributed by atoms with Crippen molar-refractivity contribution in [3.8, 4) is 0 Å². The Kier molecular flexibility index (Phi) is 3.49. The van der Waals surface area contributed by atoms with Crippen LogP contribution >= 0.6 is 0 Å². The predicted octanol–water partition coefficient (Wildman–Crippen LogP) is 1.62. The van der Waals surface area contributed by atoms with E-state index in [4.69, 9.17) is 4.42 Å². The Bertz CT molecular complexity index is 286. The Morgan fingerprint density at radius 2 is 2.46 bits per heavy atom. The smallest absolute Gasteiger partial charge is 0.288 e. The Balaban J connectivity index is 0.00000169. The largest absolute Gasteiger partial charge is 0.436 e. The first-order valence-electron chi connectivity index (χ1n) is 4.50. The van der Waals surface area contributed by atoms with E-state index in [2.05, 4.69) is 10.3 Å². The van der Waals surface area contributed by atoms with Crippen molar-refractivity contribution in [2.45, 2.75) is 26.7 Å². The van der Waals surface area contributed by atoms with Gasteiger partial charge in [0.15, 0.2) is 5.89 Å². The summed E-state index contributed by atoms with van der Waals surface area (Å²) in [5, 5.41) is 2.64. The van der Waals surface area contributed by atoms with Gasteiger partial charge in [-0.25, -0.2) is 4.98 Å². The van der Waals surface area contributed by atoms with Gasteiger partial charge < -0.3 is 9.73 Å². The average molecular weight is 184 g/mol. The number of carbonyl (C=O) groups excluding carboxylic acids is 1. The minimum atomic E-state index is -0.197. The van der Waals surface area contributed by atoms with Crippen molar-refractivity contribution >= 4 is 5.91 Å². The van der Waals surface area contributed by atoms with Crippen molar-refractivity contribution in [2.75, 3.05) is 6.54 Å². The molecular weight excluding hydrogens is 168 g/mol. The molecule has 1 amide bonds. The first kappa shape index (κ1) is 9.77. The van der Waals surface area contributed by atoms with E-state index >= 15 is 0 Å². The van der Waals surface area contributed by atoms with Gasteiger partial charge in [0.2, 0.25) is 5.76 Å². The molecule has 0 aliphatic rings. The normalized spacial score (nSPS) is 10.0. The van der Waals surface area contributed by atoms with Crippen molar-refractivity contribution in [1.82, 2.24) is 10.3 Å². The monoisotopic (exact) mass is 184 g/mol. The van der Waals surface area contributed by atoms with Crippen molar-refractivity contribution in [2.24, 2.45) is 0 Å². The van der Waals surface area contributed by atoms with E-state index in [0.29, 0.717) is 18.2 Å². The SMILES string of the molecule is CCCc1ncc(C(=O)NCC)o1.[HH]. The standard InChI is InChI=1S/C9H14N2O2.H2/c1-3-5-8-11-6-7(13-8)9(12)10-4-2;/h6H,3-5H2,1-2H3,(H,10,12);1H. The molecule has 0 atom stereocenters. The zero-order valence-corrected chi connectivity index (χ0v) is 7.96. The molecule has 0 saturated carbocycles. The highest BCUT2D eigenvalue weighted by Crippen LogP contribution is 2.05. The van der Waals surface area contributed by atoms with Gasteiger partial charge in [-0.3, -0.25) is 4.79 Å². The summed E-state index contributed by atoms with van der Waals surface area (Å²) in [5.41, 5.74) is 0. The highest BCUT2D eigenvalue weighted by molar-refractivity contribution is 5.90.